The van der Waals surface area contributed by atoms with E-state index in [1.54, 1.807) is 6.20 Å². The zero-order valence-corrected chi connectivity index (χ0v) is 7.83. The van der Waals surface area contributed by atoms with Crippen molar-refractivity contribution in [1.82, 2.24) is 4.98 Å². The third-order valence-corrected chi connectivity index (χ3v) is 0.813. The normalized spacial score (nSPS) is 6.78. The fourth-order valence-electron chi connectivity index (χ4n) is 0.448. The Bertz CT molecular complexity index is 143. The van der Waals surface area contributed by atoms with E-state index in [0.29, 0.717) is 0 Å². The van der Waals surface area contributed by atoms with Gasteiger partial charge in [0, 0.05) is 49.9 Å². The Labute approximate surface area is 79.8 Å². The monoisotopic (exact) mass is 127 g/mol. The van der Waals surface area contributed by atoms with E-state index in [1.807, 2.05) is 25.1 Å². The quantitative estimate of drug-likeness (QED) is 0.465. The van der Waals surface area contributed by atoms with E-state index in [2.05, 4.69) is 4.98 Å². The van der Waals surface area contributed by atoms with Gasteiger partial charge in [-0.05, 0) is 19.1 Å². The molecule has 4 radical (unpaired) electrons. The van der Waals surface area contributed by atoms with Crippen molar-refractivity contribution in [1.29, 1.82) is 0 Å². The average molecular weight is 127 g/mol. The van der Waals surface area contributed by atoms with Crippen molar-refractivity contribution in [2.24, 2.45) is 0 Å². The van der Waals surface area contributed by atoms with Gasteiger partial charge in [0.2, 0.25) is 0 Å². The fourth-order valence-corrected chi connectivity index (χ4v) is 0.448. The summed E-state index contributed by atoms with van der Waals surface area (Å²) in [7, 11) is 0. The molecule has 0 aliphatic heterocycles. The summed E-state index contributed by atoms with van der Waals surface area (Å²) in [6, 6.07) is 5.86. The maximum atomic E-state index is 3.98. The largest absolute Gasteiger partial charge is 0.262 e. The van der Waals surface area contributed by atoms with Crippen molar-refractivity contribution >= 4 is 38.0 Å². The third-order valence-electron chi connectivity index (χ3n) is 0.813. The Morgan fingerprint density at radius 2 is 2.00 bits per heavy atom. The number of hydrogen-bond donors (Lipinski definition) is 0. The van der Waals surface area contributed by atoms with Crippen LogP contribution < -0.4 is 0 Å². The second-order valence-electron chi connectivity index (χ2n) is 1.47. The second-order valence-corrected chi connectivity index (χ2v) is 1.47. The van der Waals surface area contributed by atoms with E-state index >= 15 is 0 Å². The molecule has 1 nitrogen and oxygen atoms in total. The van der Waals surface area contributed by atoms with Crippen LogP contribution in [0.1, 0.15) is 5.69 Å². The van der Waals surface area contributed by atoms with Crippen LogP contribution in [0.3, 0.4) is 0 Å². The molecule has 0 spiro atoms. The van der Waals surface area contributed by atoms with Crippen LogP contribution >= 0.6 is 0 Å². The van der Waals surface area contributed by atoms with Crippen LogP contribution in [0.4, 0.5) is 0 Å². The van der Waals surface area contributed by atoms with Gasteiger partial charge in [0.15, 0.2) is 0 Å². The molecule has 1 heterocycles. The number of pyridine rings is 1. The van der Waals surface area contributed by atoms with E-state index in [-0.39, 0.29) is 38.0 Å². The van der Waals surface area contributed by atoms with Gasteiger partial charge in [0.05, 0.1) is 0 Å². The summed E-state index contributed by atoms with van der Waals surface area (Å²) < 4.78 is 0. The zero-order valence-electron chi connectivity index (χ0n) is 5.83. The molecule has 0 unspecified atom stereocenters. The first-order valence-electron chi connectivity index (χ1n) is 2.27. The first-order valence-corrected chi connectivity index (χ1v) is 2.27. The van der Waals surface area contributed by atoms with E-state index in [1.165, 1.54) is 0 Å². The summed E-state index contributed by atoms with van der Waals surface area (Å²) in [5, 5.41) is 0. The predicted octanol–water partition coefficient (Wildman–Crippen LogP) is 0.628. The fraction of sp³-hybridized carbons (Fsp3) is 0.167. The van der Waals surface area contributed by atoms with Crippen LogP contribution in [-0.4, -0.2) is 43.0 Å². The SMILES string of the molecule is Cc1ccccn1.[B].[Na]. The van der Waals surface area contributed by atoms with E-state index < -0.39 is 0 Å². The van der Waals surface area contributed by atoms with Crippen LogP contribution in [0.5, 0.6) is 0 Å². The Hall–Kier alpha value is 0.215. The van der Waals surface area contributed by atoms with E-state index in [0.717, 1.165) is 5.69 Å². The average Bonchev–Trinajstić information content (AvgIpc) is 1.69. The minimum atomic E-state index is 0. The molecule has 0 saturated heterocycles. The minimum Gasteiger partial charge on any atom is -0.262 e. The van der Waals surface area contributed by atoms with Crippen molar-refractivity contribution in [2.45, 2.75) is 6.92 Å². The Morgan fingerprint density at radius 1 is 1.33 bits per heavy atom. The summed E-state index contributed by atoms with van der Waals surface area (Å²) in [5.74, 6) is 0. The molecule has 40 valence electrons. The summed E-state index contributed by atoms with van der Waals surface area (Å²) in [6.45, 7) is 1.97. The summed E-state index contributed by atoms with van der Waals surface area (Å²) in [6.07, 6.45) is 1.79. The number of hydrogen-bond acceptors (Lipinski definition) is 1. The molecule has 0 aliphatic rings. The van der Waals surface area contributed by atoms with Gasteiger partial charge in [0.25, 0.3) is 0 Å². The predicted molar refractivity (Wildman–Crippen MR) is 40.5 cm³/mol. The number of aromatic nitrogens is 1. The Kier molecular flexibility index (Phi) is 8.41. The molecular formula is C6H7BNNa. The molecule has 0 aromatic carbocycles. The van der Waals surface area contributed by atoms with Crippen molar-refractivity contribution in [2.75, 3.05) is 0 Å². The van der Waals surface area contributed by atoms with Crippen LogP contribution in [-0.2, 0) is 0 Å². The molecule has 3 heteroatoms. The van der Waals surface area contributed by atoms with Crippen molar-refractivity contribution in [3.8, 4) is 0 Å². The van der Waals surface area contributed by atoms with Gasteiger partial charge >= 0.3 is 0 Å². The summed E-state index contributed by atoms with van der Waals surface area (Å²) in [4.78, 5) is 3.98. The van der Waals surface area contributed by atoms with E-state index in [9.17, 15) is 0 Å². The molecule has 1 aromatic rings. The van der Waals surface area contributed by atoms with Crippen molar-refractivity contribution < 1.29 is 0 Å². The molecule has 1 rings (SSSR count). The molecule has 0 saturated carbocycles. The van der Waals surface area contributed by atoms with Crippen LogP contribution in [0.25, 0.3) is 0 Å². The van der Waals surface area contributed by atoms with Gasteiger partial charge < -0.3 is 0 Å². The van der Waals surface area contributed by atoms with Gasteiger partial charge in [-0.3, -0.25) is 4.98 Å². The molecule has 9 heavy (non-hydrogen) atoms. The second kappa shape index (κ2) is 6.34. The van der Waals surface area contributed by atoms with Crippen LogP contribution in [0.15, 0.2) is 24.4 Å². The topological polar surface area (TPSA) is 12.9 Å². The summed E-state index contributed by atoms with van der Waals surface area (Å²) in [5.41, 5.74) is 1.07. The smallest absolute Gasteiger partial charge is 0.0372 e. The molecule has 0 bridgehead atoms. The Morgan fingerprint density at radius 3 is 2.22 bits per heavy atom. The maximum Gasteiger partial charge on any atom is 0.0372 e. The first-order chi connectivity index (χ1) is 3.39. The summed E-state index contributed by atoms with van der Waals surface area (Å²) >= 11 is 0. The van der Waals surface area contributed by atoms with Crippen molar-refractivity contribution in [3.63, 3.8) is 0 Å². The van der Waals surface area contributed by atoms with Gasteiger partial charge in [0.1, 0.15) is 0 Å². The molecule has 0 atom stereocenters. The minimum absolute atomic E-state index is 0. The van der Waals surface area contributed by atoms with Gasteiger partial charge in [-0.2, -0.15) is 0 Å². The van der Waals surface area contributed by atoms with Crippen LogP contribution in [0.2, 0.25) is 0 Å². The Balaban J connectivity index is 0. The molecule has 0 fully saturated rings. The van der Waals surface area contributed by atoms with Gasteiger partial charge in [-0.15, -0.1) is 0 Å². The van der Waals surface area contributed by atoms with Crippen molar-refractivity contribution in [3.05, 3.63) is 30.1 Å². The number of aryl methyl sites for hydroxylation is 1. The van der Waals surface area contributed by atoms with E-state index in [4.69, 9.17) is 0 Å². The van der Waals surface area contributed by atoms with Crippen LogP contribution in [0, 0.1) is 6.92 Å². The molecule has 0 aliphatic carbocycles. The van der Waals surface area contributed by atoms with Gasteiger partial charge in [-0.1, -0.05) is 6.07 Å². The zero-order chi connectivity index (χ0) is 5.11. The third kappa shape index (κ3) is 4.70. The molecule has 1 aromatic heterocycles. The molecule has 0 amide bonds. The molecular weight excluding hydrogens is 120 g/mol. The number of nitrogens with zero attached hydrogens (tertiary/aromatic N) is 1. The first kappa shape index (κ1) is 11.9. The standard InChI is InChI=1S/C6H7N.B.Na/c1-6-4-2-3-5-7-6;;/h2-5H,1H3;;. The molecule has 0 N–H and O–H groups in total. The van der Waals surface area contributed by atoms with Gasteiger partial charge in [-0.25, -0.2) is 0 Å². The maximum absolute atomic E-state index is 3.98. The number of rotatable bonds is 0.